The van der Waals surface area contributed by atoms with E-state index >= 15 is 0 Å². The Morgan fingerprint density at radius 2 is 1.54 bits per heavy atom. The van der Waals surface area contributed by atoms with Crippen LogP contribution in [0.4, 0.5) is 0 Å². The molecule has 1 nitrogen and oxygen atoms in total. The van der Waals surface area contributed by atoms with E-state index in [0.29, 0.717) is 0 Å². The van der Waals surface area contributed by atoms with Gasteiger partial charge in [0.05, 0.1) is 7.11 Å². The van der Waals surface area contributed by atoms with E-state index < -0.39 is 0 Å². The number of rotatable bonds is 3. The first-order valence-electron chi connectivity index (χ1n) is 10.5. The van der Waals surface area contributed by atoms with Crippen molar-refractivity contribution in [3.8, 4) is 16.9 Å². The summed E-state index contributed by atoms with van der Waals surface area (Å²) in [5, 5.41) is 0. The van der Waals surface area contributed by atoms with E-state index in [1.54, 1.807) is 12.7 Å². The number of fused-ring (bicyclic) bond motifs is 6. The lowest BCUT2D eigenvalue weighted by Gasteiger charge is -2.30. The number of hydrogen-bond donors (Lipinski definition) is 0. The van der Waals surface area contributed by atoms with E-state index in [1.807, 2.05) is 0 Å². The van der Waals surface area contributed by atoms with Gasteiger partial charge in [0.15, 0.2) is 0 Å². The first kappa shape index (κ1) is 16.4. The summed E-state index contributed by atoms with van der Waals surface area (Å²) in [6.45, 7) is 4.81. The zero-order valence-corrected chi connectivity index (χ0v) is 16.3. The van der Waals surface area contributed by atoms with Gasteiger partial charge in [0.2, 0.25) is 0 Å². The maximum atomic E-state index is 5.62. The van der Waals surface area contributed by atoms with Crippen LogP contribution < -0.4 is 4.74 Å². The molecule has 5 rings (SSSR count). The zero-order valence-electron chi connectivity index (χ0n) is 16.3. The second kappa shape index (κ2) is 5.87. The molecule has 1 spiro atoms. The van der Waals surface area contributed by atoms with Gasteiger partial charge in [-0.3, -0.25) is 0 Å². The van der Waals surface area contributed by atoms with Crippen molar-refractivity contribution < 1.29 is 4.74 Å². The average molecular weight is 347 g/mol. The van der Waals surface area contributed by atoms with Gasteiger partial charge in [-0.25, -0.2) is 0 Å². The molecule has 2 aromatic carbocycles. The second-order valence-corrected chi connectivity index (χ2v) is 8.85. The van der Waals surface area contributed by atoms with Gasteiger partial charge in [-0.2, -0.15) is 0 Å². The van der Waals surface area contributed by atoms with E-state index in [0.717, 1.165) is 29.4 Å². The van der Waals surface area contributed by atoms with Crippen molar-refractivity contribution in [3.05, 3.63) is 53.6 Å². The number of methoxy groups -OCH3 is 1. The predicted octanol–water partition coefficient (Wildman–Crippen LogP) is 6.44. The van der Waals surface area contributed by atoms with Crippen LogP contribution in [0.1, 0.15) is 57.1 Å². The van der Waals surface area contributed by atoms with E-state index in [4.69, 9.17) is 4.74 Å². The Morgan fingerprint density at radius 1 is 0.885 bits per heavy atom. The van der Waals surface area contributed by atoms with Crippen LogP contribution in [-0.2, 0) is 5.41 Å². The van der Waals surface area contributed by atoms with Crippen molar-refractivity contribution in [1.29, 1.82) is 0 Å². The maximum absolute atomic E-state index is 5.62. The molecule has 0 saturated heterocycles. The molecule has 136 valence electrons. The monoisotopic (exact) mass is 346 g/mol. The lowest BCUT2D eigenvalue weighted by molar-refractivity contribution is 0.323. The minimum absolute atomic E-state index is 0.219. The van der Waals surface area contributed by atoms with Gasteiger partial charge in [-0.15, -0.1) is 0 Å². The van der Waals surface area contributed by atoms with Crippen molar-refractivity contribution >= 4 is 0 Å². The molecular weight excluding hydrogens is 316 g/mol. The first-order valence-corrected chi connectivity index (χ1v) is 10.5. The normalized spacial score (nSPS) is 34.0. The summed E-state index contributed by atoms with van der Waals surface area (Å²) in [6.07, 6.45) is 6.83. The smallest absolute Gasteiger partial charge is 0.119 e. The van der Waals surface area contributed by atoms with Gasteiger partial charge in [-0.05, 0) is 77.3 Å². The number of hydrogen-bond acceptors (Lipinski definition) is 1. The molecule has 0 bridgehead atoms. The second-order valence-electron chi connectivity index (χ2n) is 8.85. The third-order valence-corrected chi connectivity index (χ3v) is 8.06. The van der Waals surface area contributed by atoms with Crippen molar-refractivity contribution in [1.82, 2.24) is 0 Å². The van der Waals surface area contributed by atoms with Gasteiger partial charge in [-0.1, -0.05) is 57.0 Å². The minimum Gasteiger partial charge on any atom is -0.497 e. The van der Waals surface area contributed by atoms with Crippen molar-refractivity contribution in [3.63, 3.8) is 0 Å². The van der Waals surface area contributed by atoms with E-state index in [1.165, 1.54) is 48.8 Å². The Labute approximate surface area is 157 Å². The van der Waals surface area contributed by atoms with Gasteiger partial charge in [0.25, 0.3) is 0 Å². The highest BCUT2D eigenvalue weighted by molar-refractivity contribution is 5.82. The SMILES string of the molecule is CCC1CC(CC)C2CC3(CC12)c1ccccc1-c1ccc(OC)cc13. The molecule has 0 amide bonds. The molecule has 2 fully saturated rings. The summed E-state index contributed by atoms with van der Waals surface area (Å²) in [5.74, 6) is 4.65. The highest BCUT2D eigenvalue weighted by Gasteiger charge is 2.57. The Bertz CT molecular complexity index is 818. The van der Waals surface area contributed by atoms with Crippen molar-refractivity contribution in [2.75, 3.05) is 7.11 Å². The summed E-state index contributed by atoms with van der Waals surface area (Å²) in [4.78, 5) is 0. The van der Waals surface area contributed by atoms with E-state index in [2.05, 4.69) is 56.3 Å². The molecule has 26 heavy (non-hydrogen) atoms. The van der Waals surface area contributed by atoms with Crippen LogP contribution in [0.2, 0.25) is 0 Å². The molecule has 3 aliphatic carbocycles. The fraction of sp³-hybridized carbons (Fsp3) is 0.520. The van der Waals surface area contributed by atoms with Crippen LogP contribution in [0.3, 0.4) is 0 Å². The summed E-state index contributed by atoms with van der Waals surface area (Å²) >= 11 is 0. The van der Waals surface area contributed by atoms with E-state index in [-0.39, 0.29) is 5.41 Å². The Morgan fingerprint density at radius 3 is 2.19 bits per heavy atom. The molecule has 2 saturated carbocycles. The van der Waals surface area contributed by atoms with E-state index in [9.17, 15) is 0 Å². The highest BCUT2D eigenvalue weighted by atomic mass is 16.5. The standard InChI is InChI=1S/C25H30O/c1-4-16-12-17(5-2)22-15-25(14-21(16)22)23-9-7-6-8-19(23)20-11-10-18(26-3)13-24(20)25/h6-11,13,16-17,21-22H,4-5,12,14-15H2,1-3H3. The van der Waals surface area contributed by atoms with Crippen LogP contribution in [0.25, 0.3) is 11.1 Å². The molecule has 0 aromatic heterocycles. The quantitative estimate of drug-likeness (QED) is 0.621. The summed E-state index contributed by atoms with van der Waals surface area (Å²) < 4.78 is 5.62. The number of ether oxygens (including phenoxy) is 1. The third kappa shape index (κ3) is 2.03. The third-order valence-electron chi connectivity index (χ3n) is 8.06. The molecule has 0 aliphatic heterocycles. The predicted molar refractivity (Wildman–Crippen MR) is 108 cm³/mol. The molecule has 0 heterocycles. The largest absolute Gasteiger partial charge is 0.497 e. The molecule has 2 aromatic rings. The Balaban J connectivity index is 1.68. The average Bonchev–Trinajstić information content (AvgIpc) is 3.31. The van der Waals surface area contributed by atoms with Crippen LogP contribution >= 0.6 is 0 Å². The molecule has 4 unspecified atom stereocenters. The topological polar surface area (TPSA) is 9.23 Å². The lowest BCUT2D eigenvalue weighted by Crippen LogP contribution is -2.24. The minimum atomic E-state index is 0.219. The Hall–Kier alpha value is -1.76. The van der Waals surface area contributed by atoms with Crippen LogP contribution in [-0.4, -0.2) is 7.11 Å². The maximum Gasteiger partial charge on any atom is 0.119 e. The Kier molecular flexibility index (Phi) is 3.71. The van der Waals surface area contributed by atoms with Crippen LogP contribution in [0.5, 0.6) is 5.75 Å². The van der Waals surface area contributed by atoms with Gasteiger partial charge < -0.3 is 4.74 Å². The molecule has 1 heteroatoms. The fourth-order valence-corrected chi connectivity index (χ4v) is 6.90. The van der Waals surface area contributed by atoms with Gasteiger partial charge >= 0.3 is 0 Å². The zero-order chi connectivity index (χ0) is 17.9. The lowest BCUT2D eigenvalue weighted by atomic mass is 9.73. The van der Waals surface area contributed by atoms with Crippen LogP contribution in [0.15, 0.2) is 42.5 Å². The summed E-state index contributed by atoms with van der Waals surface area (Å²) in [7, 11) is 1.79. The van der Waals surface area contributed by atoms with Gasteiger partial charge in [0.1, 0.15) is 5.75 Å². The van der Waals surface area contributed by atoms with Crippen LogP contribution in [0, 0.1) is 23.7 Å². The molecule has 4 atom stereocenters. The van der Waals surface area contributed by atoms with Crippen molar-refractivity contribution in [2.45, 2.75) is 51.4 Å². The van der Waals surface area contributed by atoms with Gasteiger partial charge in [0, 0.05) is 5.41 Å². The first-order chi connectivity index (χ1) is 12.7. The molecule has 0 radical (unpaired) electrons. The molecule has 0 N–H and O–H groups in total. The number of benzene rings is 2. The highest BCUT2D eigenvalue weighted by Crippen LogP contribution is 2.66. The summed E-state index contributed by atoms with van der Waals surface area (Å²) in [5.41, 5.74) is 6.25. The summed E-state index contributed by atoms with van der Waals surface area (Å²) in [6, 6.07) is 16.0. The molecule has 3 aliphatic rings. The fourth-order valence-electron chi connectivity index (χ4n) is 6.90. The van der Waals surface area contributed by atoms with Crippen molar-refractivity contribution in [2.24, 2.45) is 23.7 Å². The molecular formula is C25H30O.